The molecular formula is CH5BNO3P. The molecule has 0 unspecified atom stereocenters. The molecule has 0 aliphatic rings. The van der Waals surface area contributed by atoms with Gasteiger partial charge in [-0.3, -0.25) is 0 Å². The third kappa shape index (κ3) is 5.86. The van der Waals surface area contributed by atoms with Crippen molar-refractivity contribution in [2.75, 3.05) is 0 Å². The fourth-order valence-electron chi connectivity index (χ4n) is 0.106. The standard InChI is InChI=1S/CH5BNO3P/c3-1-2-7(4,5)6/h2,4-7H. The molecule has 7 heavy (non-hydrogen) atoms. The van der Waals surface area contributed by atoms with Crippen LogP contribution >= 0.6 is 7.82 Å². The van der Waals surface area contributed by atoms with E-state index < -0.39 is 14.8 Å². The number of nitriles is 1. The van der Waals surface area contributed by atoms with E-state index in [1.54, 1.807) is 0 Å². The van der Waals surface area contributed by atoms with Crippen molar-refractivity contribution < 1.29 is 14.7 Å². The van der Waals surface area contributed by atoms with Gasteiger partial charge in [0, 0.05) is 0 Å². The number of nitrogens with zero attached hydrogens (tertiary/aromatic N) is 1. The van der Waals surface area contributed by atoms with Crippen LogP contribution in [0.15, 0.2) is 0 Å². The third-order valence-electron chi connectivity index (χ3n) is 0.316. The molecule has 0 fully saturated rings. The van der Waals surface area contributed by atoms with E-state index in [4.69, 9.17) is 19.9 Å². The maximum atomic E-state index is 8.05. The Labute approximate surface area is 41.8 Å². The Bertz CT molecular complexity index is 92.1. The summed E-state index contributed by atoms with van der Waals surface area (Å²) in [6.07, 6.45) is 0. The van der Waals surface area contributed by atoms with Crippen molar-refractivity contribution in [3.63, 3.8) is 0 Å². The minimum absolute atomic E-state index is 0.549. The summed E-state index contributed by atoms with van der Waals surface area (Å²) in [4.78, 5) is 24.1. The van der Waals surface area contributed by atoms with E-state index in [-0.39, 0.29) is 0 Å². The summed E-state index contributed by atoms with van der Waals surface area (Å²) >= 11 is 0. The van der Waals surface area contributed by atoms with Gasteiger partial charge >= 0.3 is 40.7 Å². The van der Waals surface area contributed by atoms with Gasteiger partial charge in [0.2, 0.25) is 0 Å². The number of hydrogen-bond donors (Lipinski definition) is 3. The van der Waals surface area contributed by atoms with Crippen LogP contribution in [0.5, 0.6) is 0 Å². The molecule has 40 valence electrons. The molecule has 0 aromatic carbocycles. The SMILES string of the molecule is N#CB[PH](O)(O)O. The van der Waals surface area contributed by atoms with E-state index >= 15 is 0 Å². The quantitative estimate of drug-likeness (QED) is 0.284. The Morgan fingerprint density at radius 1 is 1.43 bits per heavy atom. The third-order valence-corrected chi connectivity index (χ3v) is 0.949. The van der Waals surface area contributed by atoms with Gasteiger partial charge in [-0.25, -0.2) is 0 Å². The Morgan fingerprint density at radius 2 is 1.86 bits per heavy atom. The second-order valence-corrected chi connectivity index (χ2v) is 3.01. The molecule has 0 atom stereocenters. The van der Waals surface area contributed by atoms with Crippen molar-refractivity contribution >= 4 is 14.8 Å². The molecule has 4 nitrogen and oxygen atoms in total. The van der Waals surface area contributed by atoms with Crippen molar-refractivity contribution in [3.05, 3.63) is 0 Å². The molecule has 0 bridgehead atoms. The predicted molar refractivity (Wildman–Crippen MR) is 27.7 cm³/mol. The van der Waals surface area contributed by atoms with Crippen molar-refractivity contribution in [2.45, 2.75) is 0 Å². The van der Waals surface area contributed by atoms with E-state index in [1.807, 2.05) is 0 Å². The molecule has 0 saturated carbocycles. The van der Waals surface area contributed by atoms with E-state index in [9.17, 15) is 0 Å². The zero-order valence-electron chi connectivity index (χ0n) is 3.50. The fraction of sp³-hybridized carbons (Fsp3) is 0. The van der Waals surface area contributed by atoms with E-state index in [2.05, 4.69) is 0 Å². The molecule has 6 heteroatoms. The first-order valence-corrected chi connectivity index (χ1v) is 3.65. The molecule has 3 N–H and O–H groups in total. The van der Waals surface area contributed by atoms with Crippen molar-refractivity contribution in [1.29, 1.82) is 5.26 Å². The van der Waals surface area contributed by atoms with Gasteiger partial charge in [0.15, 0.2) is 0 Å². The molecule has 0 aromatic rings. The molecule has 0 saturated heterocycles. The summed E-state index contributed by atoms with van der Waals surface area (Å²) in [6, 6.07) is 0. The van der Waals surface area contributed by atoms with Crippen molar-refractivity contribution in [1.82, 2.24) is 0 Å². The maximum absolute atomic E-state index is 8.05. The molecule has 0 aromatic heterocycles. The van der Waals surface area contributed by atoms with Gasteiger partial charge in [0.05, 0.1) is 0 Å². The van der Waals surface area contributed by atoms with Gasteiger partial charge in [-0.1, -0.05) is 0 Å². The van der Waals surface area contributed by atoms with E-state index in [0.717, 1.165) is 0 Å². The van der Waals surface area contributed by atoms with Gasteiger partial charge in [-0.05, 0) is 0 Å². The summed E-state index contributed by atoms with van der Waals surface area (Å²) in [5, 5.41) is 7.71. The predicted octanol–water partition coefficient (Wildman–Crippen LogP) is -1.71. The summed E-state index contributed by atoms with van der Waals surface area (Å²) in [5.41, 5.74) is 0. The molecule has 0 radical (unpaired) electrons. The van der Waals surface area contributed by atoms with Crippen LogP contribution in [0, 0.1) is 11.2 Å². The van der Waals surface area contributed by atoms with Gasteiger partial charge in [-0.2, -0.15) is 0 Å². The normalized spacial score (nSPS) is 12.3. The summed E-state index contributed by atoms with van der Waals surface area (Å²) in [7, 11) is -4.02. The van der Waals surface area contributed by atoms with Crippen molar-refractivity contribution in [2.24, 2.45) is 0 Å². The number of hydrogen-bond acceptors (Lipinski definition) is 4. The second-order valence-electron chi connectivity index (χ2n) is 1.11. The van der Waals surface area contributed by atoms with Crippen LogP contribution in [0.2, 0.25) is 0 Å². The summed E-state index contributed by atoms with van der Waals surface area (Å²) in [5.74, 6) is 1.42. The van der Waals surface area contributed by atoms with Crippen LogP contribution in [-0.4, -0.2) is 21.7 Å². The van der Waals surface area contributed by atoms with Gasteiger partial charge in [-0.15, -0.1) is 0 Å². The minimum atomic E-state index is -4.02. The first-order chi connectivity index (χ1) is 3.06. The van der Waals surface area contributed by atoms with Crippen LogP contribution in [0.25, 0.3) is 0 Å². The zero-order chi connectivity index (χ0) is 5.91. The Balaban J connectivity index is 3.40. The van der Waals surface area contributed by atoms with Gasteiger partial charge < -0.3 is 0 Å². The van der Waals surface area contributed by atoms with Crippen molar-refractivity contribution in [3.8, 4) is 5.97 Å². The molecule has 0 rings (SSSR count). The first-order valence-electron chi connectivity index (χ1n) is 1.60. The van der Waals surface area contributed by atoms with Gasteiger partial charge in [0.25, 0.3) is 0 Å². The Hall–Kier alpha value is -0.135. The topological polar surface area (TPSA) is 84.5 Å². The average Bonchev–Trinajstić information content (AvgIpc) is 1.30. The molecule has 0 spiro atoms. The average molecular weight is 121 g/mol. The molecule has 0 aliphatic heterocycles. The van der Waals surface area contributed by atoms with Crippen LogP contribution in [0.3, 0.4) is 0 Å². The molecular weight excluding hydrogens is 116 g/mol. The first kappa shape index (κ1) is 6.86. The van der Waals surface area contributed by atoms with Crippen LogP contribution in [-0.2, 0) is 0 Å². The second kappa shape index (κ2) is 2.24. The van der Waals surface area contributed by atoms with Crippen LogP contribution in [0.4, 0.5) is 0 Å². The molecule has 0 aliphatic carbocycles. The van der Waals surface area contributed by atoms with E-state index in [1.165, 1.54) is 5.97 Å². The number of rotatable bonds is 1. The van der Waals surface area contributed by atoms with Gasteiger partial charge in [0.1, 0.15) is 0 Å². The zero-order valence-corrected chi connectivity index (χ0v) is 4.50. The monoisotopic (exact) mass is 121 g/mol. The summed E-state index contributed by atoms with van der Waals surface area (Å²) in [6.45, 7) is -0.549. The van der Waals surface area contributed by atoms with Crippen LogP contribution < -0.4 is 0 Å². The molecule has 0 amide bonds. The Morgan fingerprint density at radius 3 is 1.86 bits per heavy atom. The summed E-state index contributed by atoms with van der Waals surface area (Å²) < 4.78 is 0. The molecule has 0 heterocycles. The fourth-order valence-corrected chi connectivity index (χ4v) is 0.318. The van der Waals surface area contributed by atoms with Crippen LogP contribution in [0.1, 0.15) is 0 Å². The Kier molecular flexibility index (Phi) is 2.20. The van der Waals surface area contributed by atoms with E-state index in [0.29, 0.717) is 0 Å².